The third-order valence-corrected chi connectivity index (χ3v) is 6.12. The summed E-state index contributed by atoms with van der Waals surface area (Å²) in [4.78, 5) is 25.4. The van der Waals surface area contributed by atoms with Gasteiger partial charge in [0.2, 0.25) is 11.6 Å². The fourth-order valence-electron chi connectivity index (χ4n) is 3.35. The van der Waals surface area contributed by atoms with Crippen LogP contribution in [0.1, 0.15) is 12.8 Å². The molecule has 0 aliphatic carbocycles. The molecule has 1 aliphatic heterocycles. The summed E-state index contributed by atoms with van der Waals surface area (Å²) in [5.74, 6) is -1.59. The van der Waals surface area contributed by atoms with E-state index in [-0.39, 0.29) is 23.0 Å². The molecule has 8 nitrogen and oxygen atoms in total. The molecule has 1 aliphatic rings. The summed E-state index contributed by atoms with van der Waals surface area (Å²) in [5.41, 5.74) is -0.457. The molecule has 0 spiro atoms. The summed E-state index contributed by atoms with van der Waals surface area (Å²) >= 11 is 1.69. The second-order valence-electron chi connectivity index (χ2n) is 6.87. The Hall–Kier alpha value is -3.34. The molecule has 0 unspecified atom stereocenters. The predicted octanol–water partition coefficient (Wildman–Crippen LogP) is 4.56. The molecule has 0 bridgehead atoms. The molecule has 0 radical (unpaired) electrons. The molecule has 0 saturated carbocycles. The van der Waals surface area contributed by atoms with Crippen molar-refractivity contribution in [2.75, 3.05) is 23.3 Å². The molecule has 2 aromatic heterocycles. The van der Waals surface area contributed by atoms with Gasteiger partial charge in [0.1, 0.15) is 18.0 Å². The Labute approximate surface area is 180 Å². The lowest BCUT2D eigenvalue weighted by Gasteiger charge is -2.32. The summed E-state index contributed by atoms with van der Waals surface area (Å²) in [6.07, 6.45) is 4.55. The summed E-state index contributed by atoms with van der Waals surface area (Å²) in [6, 6.07) is 8.68. The highest BCUT2D eigenvalue weighted by Crippen LogP contribution is 2.37. The molecule has 3 heterocycles. The lowest BCUT2D eigenvalue weighted by atomic mass is 10.1. The van der Waals surface area contributed by atoms with Gasteiger partial charge in [0.25, 0.3) is 0 Å². The third kappa shape index (κ3) is 4.88. The van der Waals surface area contributed by atoms with Crippen molar-refractivity contribution in [3.05, 3.63) is 70.7 Å². The zero-order valence-electron chi connectivity index (χ0n) is 16.2. The number of hydrogen-bond donors (Lipinski definition) is 1. The Morgan fingerprint density at radius 2 is 1.94 bits per heavy atom. The Kier molecular flexibility index (Phi) is 6.21. The molecular weight excluding hydrogens is 426 g/mol. The van der Waals surface area contributed by atoms with E-state index in [1.807, 2.05) is 23.1 Å². The molecule has 160 valence electrons. The molecule has 31 heavy (non-hydrogen) atoms. The number of thioether (sulfide) groups is 1. The van der Waals surface area contributed by atoms with Crippen LogP contribution in [0, 0.1) is 21.7 Å². The van der Waals surface area contributed by atoms with Gasteiger partial charge in [0.15, 0.2) is 0 Å². The van der Waals surface area contributed by atoms with Gasteiger partial charge in [0.05, 0.1) is 15.6 Å². The Morgan fingerprint density at radius 1 is 1.13 bits per heavy atom. The highest BCUT2D eigenvalue weighted by Gasteiger charge is 2.30. The zero-order chi connectivity index (χ0) is 21.8. The van der Waals surface area contributed by atoms with Gasteiger partial charge in [0, 0.05) is 30.6 Å². The van der Waals surface area contributed by atoms with Gasteiger partial charge in [-0.15, -0.1) is 11.8 Å². The number of piperidine rings is 1. The number of nitrogens with one attached hydrogen (secondary N) is 1. The summed E-state index contributed by atoms with van der Waals surface area (Å²) in [6.45, 7) is 1.15. The molecule has 1 aromatic carbocycles. The van der Waals surface area contributed by atoms with Crippen molar-refractivity contribution in [1.29, 1.82) is 0 Å². The van der Waals surface area contributed by atoms with Crippen molar-refractivity contribution < 1.29 is 13.7 Å². The van der Waals surface area contributed by atoms with Gasteiger partial charge < -0.3 is 10.2 Å². The minimum atomic E-state index is -0.873. The Morgan fingerprint density at radius 3 is 2.61 bits per heavy atom. The van der Waals surface area contributed by atoms with Crippen molar-refractivity contribution >= 4 is 34.8 Å². The molecule has 3 aromatic rings. The molecular formula is C20H18F2N6O2S. The number of nitro groups is 1. The van der Waals surface area contributed by atoms with Crippen LogP contribution in [-0.4, -0.2) is 38.2 Å². The minimum Gasteiger partial charge on any atom is -0.351 e. The maximum Gasteiger partial charge on any atom is 0.353 e. The van der Waals surface area contributed by atoms with Gasteiger partial charge in [-0.25, -0.2) is 23.7 Å². The van der Waals surface area contributed by atoms with E-state index in [0.717, 1.165) is 30.0 Å². The molecule has 1 saturated heterocycles. The van der Waals surface area contributed by atoms with Crippen LogP contribution in [0.3, 0.4) is 0 Å². The van der Waals surface area contributed by atoms with Crippen molar-refractivity contribution in [3.8, 4) is 0 Å². The lowest BCUT2D eigenvalue weighted by Crippen LogP contribution is -2.36. The number of nitrogens with zero attached hydrogens (tertiary/aromatic N) is 5. The monoisotopic (exact) mass is 444 g/mol. The average molecular weight is 444 g/mol. The number of rotatable bonds is 6. The Bertz CT molecular complexity index is 1080. The summed E-state index contributed by atoms with van der Waals surface area (Å²) in [5, 5.41) is 15.7. The maximum atomic E-state index is 14.0. The summed E-state index contributed by atoms with van der Waals surface area (Å²) in [7, 11) is 0. The van der Waals surface area contributed by atoms with E-state index in [2.05, 4.69) is 20.3 Å². The van der Waals surface area contributed by atoms with E-state index < -0.39 is 16.6 Å². The molecule has 1 fully saturated rings. The normalized spacial score (nSPS) is 14.5. The van der Waals surface area contributed by atoms with Crippen molar-refractivity contribution in [1.82, 2.24) is 15.0 Å². The third-order valence-electron chi connectivity index (χ3n) is 4.84. The fraction of sp³-hybridized carbons (Fsp3) is 0.250. The van der Waals surface area contributed by atoms with Gasteiger partial charge in [-0.2, -0.15) is 0 Å². The number of halogens is 2. The highest BCUT2D eigenvalue weighted by molar-refractivity contribution is 7.99. The van der Waals surface area contributed by atoms with Gasteiger partial charge >= 0.3 is 5.69 Å². The van der Waals surface area contributed by atoms with Crippen LogP contribution in [0.15, 0.2) is 53.9 Å². The van der Waals surface area contributed by atoms with Crippen LogP contribution in [0.5, 0.6) is 0 Å². The highest BCUT2D eigenvalue weighted by atomic mass is 32.2. The molecule has 1 N–H and O–H groups in total. The molecule has 4 rings (SSSR count). The van der Waals surface area contributed by atoms with Gasteiger partial charge in [-0.1, -0.05) is 6.07 Å². The SMILES string of the molecule is O=[N+]([O-])c1c(Nc2ccc(F)cc2F)ncnc1N1CCC(Sc2ccccn2)CC1. The first-order chi connectivity index (χ1) is 15.0. The van der Waals surface area contributed by atoms with Crippen LogP contribution in [0.2, 0.25) is 0 Å². The molecule has 0 amide bonds. The number of anilines is 3. The van der Waals surface area contributed by atoms with Gasteiger partial charge in [-0.3, -0.25) is 10.1 Å². The molecule has 0 atom stereocenters. The zero-order valence-corrected chi connectivity index (χ0v) is 17.1. The Balaban J connectivity index is 1.52. The van der Waals surface area contributed by atoms with Crippen LogP contribution >= 0.6 is 11.8 Å². The first-order valence-electron chi connectivity index (χ1n) is 9.55. The summed E-state index contributed by atoms with van der Waals surface area (Å²) < 4.78 is 27.2. The van der Waals surface area contributed by atoms with Crippen molar-refractivity contribution in [2.24, 2.45) is 0 Å². The number of pyridine rings is 1. The topological polar surface area (TPSA) is 97.1 Å². The van der Waals surface area contributed by atoms with Gasteiger partial charge in [-0.05, 0) is 37.1 Å². The van der Waals surface area contributed by atoms with E-state index in [1.165, 1.54) is 6.33 Å². The van der Waals surface area contributed by atoms with Crippen LogP contribution in [0.25, 0.3) is 0 Å². The van der Waals surface area contributed by atoms with Crippen molar-refractivity contribution in [3.63, 3.8) is 0 Å². The van der Waals surface area contributed by atoms with E-state index >= 15 is 0 Å². The van der Waals surface area contributed by atoms with E-state index in [9.17, 15) is 18.9 Å². The smallest absolute Gasteiger partial charge is 0.351 e. The quantitative estimate of drug-likeness (QED) is 0.436. The molecule has 11 heteroatoms. The minimum absolute atomic E-state index is 0.111. The lowest BCUT2D eigenvalue weighted by molar-refractivity contribution is -0.383. The standard InChI is InChI=1S/C20H18F2N6O2S/c21-13-4-5-16(15(22)11-13)26-19-18(28(29)30)20(25-12-24-19)27-9-6-14(7-10-27)31-17-3-1-2-8-23-17/h1-5,8,11-12,14H,6-7,9-10H2,(H,24,25,26). The fourth-order valence-corrected chi connectivity index (χ4v) is 4.42. The number of benzene rings is 1. The average Bonchev–Trinajstić information content (AvgIpc) is 2.77. The number of aromatic nitrogens is 3. The second kappa shape index (κ2) is 9.21. The van der Waals surface area contributed by atoms with Crippen LogP contribution < -0.4 is 10.2 Å². The van der Waals surface area contributed by atoms with E-state index in [4.69, 9.17) is 0 Å². The van der Waals surface area contributed by atoms with Crippen LogP contribution in [-0.2, 0) is 0 Å². The first kappa shape index (κ1) is 20.9. The van der Waals surface area contributed by atoms with Crippen LogP contribution in [0.4, 0.5) is 31.8 Å². The maximum absolute atomic E-state index is 14.0. The first-order valence-corrected chi connectivity index (χ1v) is 10.4. The largest absolute Gasteiger partial charge is 0.353 e. The number of hydrogen-bond acceptors (Lipinski definition) is 8. The predicted molar refractivity (Wildman–Crippen MR) is 114 cm³/mol. The van der Waals surface area contributed by atoms with Crippen molar-refractivity contribution in [2.45, 2.75) is 23.1 Å². The van der Waals surface area contributed by atoms with E-state index in [0.29, 0.717) is 24.4 Å². The second-order valence-corrected chi connectivity index (χ2v) is 8.19. The van der Waals surface area contributed by atoms with E-state index in [1.54, 1.807) is 18.0 Å².